The van der Waals surface area contributed by atoms with Crippen LogP contribution in [0.4, 0.5) is 0 Å². The summed E-state index contributed by atoms with van der Waals surface area (Å²) in [5.41, 5.74) is 2.22. The van der Waals surface area contributed by atoms with Crippen molar-refractivity contribution in [1.82, 2.24) is 20.1 Å². The molecule has 18 heavy (non-hydrogen) atoms. The van der Waals surface area contributed by atoms with Crippen LogP contribution in [0.25, 0.3) is 5.82 Å². The maximum atomic E-state index is 6.25. The van der Waals surface area contributed by atoms with Gasteiger partial charge in [0.25, 0.3) is 0 Å². The lowest BCUT2D eigenvalue weighted by atomic mass is 10.3. The molecule has 94 valence electrons. The van der Waals surface area contributed by atoms with Gasteiger partial charge in [0.05, 0.1) is 10.7 Å². The monoisotopic (exact) mass is 262 g/mol. The minimum atomic E-state index is 0.633. The van der Waals surface area contributed by atoms with Gasteiger partial charge in [0.15, 0.2) is 5.82 Å². The highest BCUT2D eigenvalue weighted by Gasteiger charge is 2.26. The Labute approximate surface area is 111 Å². The van der Waals surface area contributed by atoms with Crippen molar-refractivity contribution in [2.75, 3.05) is 7.05 Å². The van der Waals surface area contributed by atoms with Crippen LogP contribution in [0.1, 0.15) is 30.0 Å². The SMILES string of the molecule is CNCc1cnc(-n2ccc(C3CC3)n2)c(Cl)c1. The first kappa shape index (κ1) is 11.7. The van der Waals surface area contributed by atoms with E-state index in [0.29, 0.717) is 16.8 Å². The molecule has 1 aliphatic carbocycles. The third-order valence-electron chi connectivity index (χ3n) is 3.08. The molecular weight excluding hydrogens is 248 g/mol. The van der Waals surface area contributed by atoms with Gasteiger partial charge in [-0.2, -0.15) is 5.10 Å². The van der Waals surface area contributed by atoms with E-state index in [1.165, 1.54) is 12.8 Å². The summed E-state index contributed by atoms with van der Waals surface area (Å²) < 4.78 is 1.76. The fourth-order valence-corrected chi connectivity index (χ4v) is 2.27. The third kappa shape index (κ3) is 2.26. The number of aromatic nitrogens is 3. The lowest BCUT2D eigenvalue weighted by molar-refractivity contribution is 0.792. The summed E-state index contributed by atoms with van der Waals surface area (Å²) in [4.78, 5) is 4.39. The summed E-state index contributed by atoms with van der Waals surface area (Å²) in [5, 5.41) is 8.24. The van der Waals surface area contributed by atoms with Gasteiger partial charge in [0.2, 0.25) is 0 Å². The molecule has 0 spiro atoms. The number of nitrogens with zero attached hydrogens (tertiary/aromatic N) is 3. The fourth-order valence-electron chi connectivity index (χ4n) is 1.99. The quantitative estimate of drug-likeness (QED) is 0.921. The molecule has 0 aliphatic heterocycles. The van der Waals surface area contributed by atoms with Gasteiger partial charge in [-0.15, -0.1) is 0 Å². The molecule has 2 aromatic heterocycles. The first-order valence-corrected chi connectivity index (χ1v) is 6.50. The van der Waals surface area contributed by atoms with Crippen LogP contribution in [0.15, 0.2) is 24.5 Å². The molecule has 0 aromatic carbocycles. The number of rotatable bonds is 4. The summed E-state index contributed by atoms with van der Waals surface area (Å²) in [6, 6.07) is 3.98. The molecule has 1 fully saturated rings. The highest BCUT2D eigenvalue weighted by Crippen LogP contribution is 2.39. The summed E-state index contributed by atoms with van der Waals surface area (Å²) >= 11 is 6.25. The van der Waals surface area contributed by atoms with Crippen LogP contribution in [-0.4, -0.2) is 21.8 Å². The summed E-state index contributed by atoms with van der Waals surface area (Å²) in [6.45, 7) is 0.763. The molecule has 4 nitrogen and oxygen atoms in total. The van der Waals surface area contributed by atoms with Crippen LogP contribution < -0.4 is 5.32 Å². The van der Waals surface area contributed by atoms with Crippen LogP contribution >= 0.6 is 11.6 Å². The van der Waals surface area contributed by atoms with Gasteiger partial charge in [-0.3, -0.25) is 0 Å². The Bertz CT molecular complexity index is 560. The number of nitrogens with one attached hydrogen (secondary N) is 1. The Morgan fingerprint density at radius 1 is 1.50 bits per heavy atom. The van der Waals surface area contributed by atoms with Crippen molar-refractivity contribution in [3.63, 3.8) is 0 Å². The normalized spacial score (nSPS) is 15.0. The molecule has 0 saturated heterocycles. The predicted octanol–water partition coefficient (Wildman–Crippen LogP) is 2.52. The predicted molar refractivity (Wildman–Crippen MR) is 71.1 cm³/mol. The van der Waals surface area contributed by atoms with Gasteiger partial charge in [0.1, 0.15) is 0 Å². The minimum absolute atomic E-state index is 0.633. The van der Waals surface area contributed by atoms with Gasteiger partial charge >= 0.3 is 0 Å². The maximum absolute atomic E-state index is 6.25. The summed E-state index contributed by atoms with van der Waals surface area (Å²) in [5.74, 6) is 1.34. The van der Waals surface area contributed by atoms with Gasteiger partial charge in [-0.05, 0) is 37.6 Å². The Morgan fingerprint density at radius 2 is 2.33 bits per heavy atom. The first-order chi connectivity index (χ1) is 8.78. The van der Waals surface area contributed by atoms with Crippen LogP contribution in [0.5, 0.6) is 0 Å². The van der Waals surface area contributed by atoms with Crippen molar-refractivity contribution in [2.45, 2.75) is 25.3 Å². The fraction of sp³-hybridized carbons (Fsp3) is 0.385. The highest BCUT2D eigenvalue weighted by atomic mass is 35.5. The number of hydrogen-bond donors (Lipinski definition) is 1. The van der Waals surface area contributed by atoms with Crippen molar-refractivity contribution in [3.05, 3.63) is 40.8 Å². The zero-order valence-corrected chi connectivity index (χ0v) is 11.0. The van der Waals surface area contributed by atoms with E-state index in [4.69, 9.17) is 11.6 Å². The van der Waals surface area contributed by atoms with E-state index in [-0.39, 0.29) is 0 Å². The molecule has 0 unspecified atom stereocenters. The number of hydrogen-bond acceptors (Lipinski definition) is 3. The van der Waals surface area contributed by atoms with Crippen molar-refractivity contribution in [1.29, 1.82) is 0 Å². The van der Waals surface area contributed by atoms with E-state index < -0.39 is 0 Å². The van der Waals surface area contributed by atoms with Crippen LogP contribution in [0.3, 0.4) is 0 Å². The molecule has 1 saturated carbocycles. The van der Waals surface area contributed by atoms with Gasteiger partial charge in [0, 0.05) is 24.9 Å². The molecule has 5 heteroatoms. The van der Waals surface area contributed by atoms with Gasteiger partial charge in [-0.1, -0.05) is 11.6 Å². The van der Waals surface area contributed by atoms with Gasteiger partial charge < -0.3 is 5.32 Å². The first-order valence-electron chi connectivity index (χ1n) is 6.13. The molecule has 0 radical (unpaired) electrons. The molecule has 0 amide bonds. The molecule has 3 rings (SSSR count). The van der Waals surface area contributed by atoms with E-state index in [1.54, 1.807) is 4.68 Å². The van der Waals surface area contributed by atoms with Crippen molar-refractivity contribution in [2.24, 2.45) is 0 Å². The largest absolute Gasteiger partial charge is 0.316 e. The van der Waals surface area contributed by atoms with Crippen LogP contribution in [0, 0.1) is 0 Å². The maximum Gasteiger partial charge on any atom is 0.172 e. The van der Waals surface area contributed by atoms with Crippen LogP contribution in [0.2, 0.25) is 5.02 Å². The standard InChI is InChI=1S/C13H15ClN4/c1-15-7-9-6-11(14)13(16-8-9)18-5-4-12(17-18)10-2-3-10/h4-6,8,10,15H,2-3,7H2,1H3. The number of pyridine rings is 1. The Hall–Kier alpha value is -1.39. The second kappa shape index (κ2) is 4.71. The average Bonchev–Trinajstić information content (AvgIpc) is 3.09. The molecule has 2 heterocycles. The molecular formula is C13H15ClN4. The smallest absolute Gasteiger partial charge is 0.172 e. The van der Waals surface area contributed by atoms with E-state index in [2.05, 4.69) is 21.5 Å². The Kier molecular flexibility index (Phi) is 3.06. The zero-order chi connectivity index (χ0) is 12.5. The summed E-state index contributed by atoms with van der Waals surface area (Å²) in [6.07, 6.45) is 6.26. The third-order valence-corrected chi connectivity index (χ3v) is 3.36. The average molecular weight is 263 g/mol. The Morgan fingerprint density at radius 3 is 3.00 bits per heavy atom. The second-order valence-corrected chi connectivity index (χ2v) is 5.05. The van der Waals surface area contributed by atoms with Crippen molar-refractivity contribution in [3.8, 4) is 5.82 Å². The Balaban J connectivity index is 1.90. The summed E-state index contributed by atoms with van der Waals surface area (Å²) in [7, 11) is 1.90. The molecule has 1 aliphatic rings. The van der Waals surface area contributed by atoms with E-state index in [9.17, 15) is 0 Å². The van der Waals surface area contributed by atoms with Crippen LogP contribution in [-0.2, 0) is 6.54 Å². The lowest BCUT2D eigenvalue weighted by Gasteiger charge is -2.05. The number of halogens is 1. The van der Waals surface area contributed by atoms with Crippen molar-refractivity contribution >= 4 is 11.6 Å². The topological polar surface area (TPSA) is 42.7 Å². The molecule has 0 atom stereocenters. The lowest BCUT2D eigenvalue weighted by Crippen LogP contribution is -2.07. The highest BCUT2D eigenvalue weighted by molar-refractivity contribution is 6.32. The van der Waals surface area contributed by atoms with E-state index >= 15 is 0 Å². The van der Waals surface area contributed by atoms with Gasteiger partial charge in [-0.25, -0.2) is 9.67 Å². The molecule has 1 N–H and O–H groups in total. The van der Waals surface area contributed by atoms with Crippen molar-refractivity contribution < 1.29 is 0 Å². The molecule has 2 aromatic rings. The molecule has 0 bridgehead atoms. The van der Waals surface area contributed by atoms with E-state index in [1.807, 2.05) is 25.5 Å². The minimum Gasteiger partial charge on any atom is -0.316 e. The second-order valence-electron chi connectivity index (χ2n) is 4.64. The zero-order valence-electron chi connectivity index (χ0n) is 10.2. The van der Waals surface area contributed by atoms with E-state index in [0.717, 1.165) is 17.8 Å².